The van der Waals surface area contributed by atoms with E-state index >= 15 is 0 Å². The molecule has 0 bridgehead atoms. The molecule has 5 heterocycles. The standard InChI is InChI=1S/C16H15ClN4.C14H11NO4.C8H5NO3.C7H9N5.C6H8O2/c1-20-9-11(8-18-20)21-15-5-12(13-6-16(13)2-3-16)14(17)4-10(15)7-19-21;16-11-8-3-1-2-4-9(8)12(17)15(11)19-13(18)10-7-14(10)5-6-14;10-7-5-3-1-2-4-6(5)8(11)9(7)12;8-6(9)4-2-1-3-5(12-4)7(10)11;7-5(8)4-3-6(4)1-2-6/h4-5,7-9,13H,2-3,6H2,1H3;1-4,10H,5-7H2;1-4,12H;1-3H,(H3,8,9)(H3,10,11);4H,1-3H2,(H,7,8). The van der Waals surface area contributed by atoms with E-state index < -0.39 is 35.6 Å². The number of benzene rings is 3. The van der Waals surface area contributed by atoms with E-state index in [0.29, 0.717) is 33.2 Å². The molecule has 368 valence electrons. The number of carbonyl (C=O) groups is 6. The number of hydrogen-bond acceptors (Lipinski definition) is 13. The van der Waals surface area contributed by atoms with Gasteiger partial charge >= 0.3 is 11.9 Å². The van der Waals surface area contributed by atoms with Crippen LogP contribution in [0.4, 0.5) is 0 Å². The molecule has 21 heteroatoms. The Morgan fingerprint density at radius 1 is 0.708 bits per heavy atom. The van der Waals surface area contributed by atoms with Gasteiger partial charge in [0.2, 0.25) is 0 Å². The van der Waals surface area contributed by atoms with E-state index in [1.165, 1.54) is 49.8 Å². The molecule has 14 rings (SSSR count). The van der Waals surface area contributed by atoms with Crippen LogP contribution >= 0.6 is 11.6 Å². The fourth-order valence-electron chi connectivity index (χ4n) is 9.67. The van der Waals surface area contributed by atoms with Crippen LogP contribution in [0, 0.1) is 38.9 Å². The third kappa shape index (κ3) is 8.98. The van der Waals surface area contributed by atoms with E-state index in [1.807, 2.05) is 30.3 Å². The Kier molecular flexibility index (Phi) is 11.7. The van der Waals surface area contributed by atoms with Crippen molar-refractivity contribution in [3.05, 3.63) is 142 Å². The number of halogens is 1. The summed E-state index contributed by atoms with van der Waals surface area (Å²) < 4.78 is 3.74. The lowest BCUT2D eigenvalue weighted by Gasteiger charge is -2.12. The Hall–Kier alpha value is -8.10. The monoisotopic (exact) mass is 993 g/mol. The molecule has 6 saturated carbocycles. The van der Waals surface area contributed by atoms with Gasteiger partial charge in [-0.05, 0) is 134 Å². The van der Waals surface area contributed by atoms with Gasteiger partial charge in [0.1, 0.15) is 28.7 Å². The van der Waals surface area contributed by atoms with Crippen molar-refractivity contribution in [1.29, 1.82) is 10.8 Å². The van der Waals surface area contributed by atoms with E-state index in [2.05, 4.69) is 27.3 Å². The number of nitrogen functional groups attached to an aromatic ring is 2. The van der Waals surface area contributed by atoms with E-state index in [9.17, 15) is 28.8 Å². The van der Waals surface area contributed by atoms with Crippen molar-refractivity contribution in [2.45, 2.75) is 63.7 Å². The van der Waals surface area contributed by atoms with Crippen molar-refractivity contribution >= 4 is 69.7 Å². The molecule has 0 radical (unpaired) electrons. The zero-order valence-corrected chi connectivity index (χ0v) is 39.5. The first-order valence-electron chi connectivity index (χ1n) is 23.3. The number of amides is 4. The number of carboxylic acid groups (broad SMARTS) is 1. The maximum absolute atomic E-state index is 12.0. The number of aromatic nitrogens is 5. The fourth-order valence-corrected chi connectivity index (χ4v) is 9.98. The van der Waals surface area contributed by atoms with Crippen LogP contribution in [0.25, 0.3) is 16.6 Å². The molecule has 20 nitrogen and oxygen atoms in total. The second kappa shape index (κ2) is 17.6. The van der Waals surface area contributed by atoms with Gasteiger partial charge in [-0.25, -0.2) is 14.5 Å². The molecule has 6 aliphatic carbocycles. The van der Waals surface area contributed by atoms with E-state index in [1.54, 1.807) is 59.3 Å². The van der Waals surface area contributed by atoms with Gasteiger partial charge in [0, 0.05) is 17.5 Å². The average molecular weight is 994 g/mol. The third-order valence-corrected chi connectivity index (χ3v) is 15.2. The van der Waals surface area contributed by atoms with Crippen LogP contribution in [0.5, 0.6) is 0 Å². The van der Waals surface area contributed by atoms with Crippen LogP contribution in [0.15, 0.2) is 97.5 Å². The highest BCUT2D eigenvalue weighted by atomic mass is 35.5. The summed E-state index contributed by atoms with van der Waals surface area (Å²) in [6.45, 7) is 0. The number of carbonyl (C=O) groups excluding carboxylic acids is 5. The van der Waals surface area contributed by atoms with Gasteiger partial charge < -0.3 is 21.4 Å². The van der Waals surface area contributed by atoms with Gasteiger partial charge in [-0.15, -0.1) is 5.06 Å². The molecule has 8 N–H and O–H groups in total. The van der Waals surface area contributed by atoms with Crippen molar-refractivity contribution < 1.29 is 43.9 Å². The Morgan fingerprint density at radius 3 is 1.65 bits per heavy atom. The zero-order valence-electron chi connectivity index (χ0n) is 38.7. The molecule has 3 aromatic carbocycles. The minimum Gasteiger partial charge on any atom is -0.481 e. The van der Waals surface area contributed by atoms with Crippen LogP contribution in [-0.4, -0.2) is 92.2 Å². The highest BCUT2D eigenvalue weighted by Gasteiger charge is 2.68. The average Bonchev–Trinajstić information content (AvgIpc) is 4.10. The predicted molar refractivity (Wildman–Crippen MR) is 257 cm³/mol. The molecular formula is C51H48ClN11O9. The Bertz CT molecular complexity index is 3220. The number of rotatable bonds is 7. The second-order valence-electron chi connectivity index (χ2n) is 19.6. The SMILES string of the molecule is Cn1cc(-n2ncc3cc(Cl)c(C4CC45CC5)cc32)cn1.N=C(N)c1cccc(C(=N)N)n1.O=C(O)C1CC12CC2.O=C(ON1C(=O)c2ccccc2C1=O)C1CC12CC2.O=C1c2ccccc2C(=O)N1O. The highest BCUT2D eigenvalue weighted by molar-refractivity contribution is 6.32. The number of nitrogens with one attached hydrogen (secondary N) is 2. The second-order valence-corrected chi connectivity index (χ2v) is 20.0. The number of hydroxylamine groups is 4. The minimum absolute atomic E-state index is 0.0440. The number of nitrogens with zero attached hydrogens (tertiary/aromatic N) is 7. The molecule has 6 fully saturated rings. The summed E-state index contributed by atoms with van der Waals surface area (Å²) in [5.41, 5.74) is 16.6. The van der Waals surface area contributed by atoms with Crippen LogP contribution in [-0.2, 0) is 21.5 Å². The third-order valence-electron chi connectivity index (χ3n) is 14.8. The number of nitrogens with two attached hydrogens (primary N) is 2. The van der Waals surface area contributed by atoms with Gasteiger partial charge in [0.15, 0.2) is 0 Å². The largest absolute Gasteiger partial charge is 0.481 e. The summed E-state index contributed by atoms with van der Waals surface area (Å²) in [5, 5.41) is 42.9. The zero-order chi connectivity index (χ0) is 51.0. The number of fused-ring (bicyclic) bond motifs is 3. The molecule has 72 heavy (non-hydrogen) atoms. The number of aliphatic carboxylic acids is 1. The number of carboxylic acids is 1. The number of hydrogen-bond donors (Lipinski definition) is 6. The molecule has 0 saturated heterocycles. The highest BCUT2D eigenvalue weighted by Crippen LogP contribution is 2.75. The predicted octanol–water partition coefficient (Wildman–Crippen LogP) is 6.41. The lowest BCUT2D eigenvalue weighted by atomic mass is 10.1. The quantitative estimate of drug-likeness (QED) is 0.0436. The van der Waals surface area contributed by atoms with Crippen LogP contribution in [0.3, 0.4) is 0 Å². The lowest BCUT2D eigenvalue weighted by molar-refractivity contribution is -0.170. The van der Waals surface area contributed by atoms with E-state index in [0.717, 1.165) is 47.3 Å². The van der Waals surface area contributed by atoms with E-state index in [4.69, 9.17) is 49.0 Å². The van der Waals surface area contributed by atoms with Gasteiger partial charge in [-0.1, -0.05) is 47.0 Å². The minimum atomic E-state index is -0.657. The number of imide groups is 2. The number of aryl methyl sites for hydroxylation is 1. The van der Waals surface area contributed by atoms with Crippen LogP contribution < -0.4 is 11.5 Å². The lowest BCUT2D eigenvalue weighted by Crippen LogP contribution is -2.33. The maximum atomic E-state index is 12.0. The summed E-state index contributed by atoms with van der Waals surface area (Å²) >= 11 is 6.50. The fraction of sp³-hybridized carbons (Fsp3) is 0.314. The van der Waals surface area contributed by atoms with Gasteiger partial charge in [0.25, 0.3) is 23.6 Å². The normalized spacial score (nSPS) is 21.4. The van der Waals surface area contributed by atoms with Crippen molar-refractivity contribution in [2.24, 2.45) is 46.6 Å². The van der Waals surface area contributed by atoms with Crippen LogP contribution in [0.2, 0.25) is 5.02 Å². The van der Waals surface area contributed by atoms with Gasteiger partial charge in [-0.2, -0.15) is 10.2 Å². The molecule has 2 aliphatic heterocycles. The van der Waals surface area contributed by atoms with Crippen molar-refractivity contribution in [3.8, 4) is 5.69 Å². The summed E-state index contributed by atoms with van der Waals surface area (Å²) in [7, 11) is 1.92. The molecule has 4 amide bonds. The molecule has 3 aromatic heterocycles. The van der Waals surface area contributed by atoms with Crippen molar-refractivity contribution in [1.82, 2.24) is 34.7 Å². The van der Waals surface area contributed by atoms with E-state index in [-0.39, 0.29) is 56.2 Å². The number of pyridine rings is 1. The summed E-state index contributed by atoms with van der Waals surface area (Å²) in [5.74, 6) is -3.14. The Balaban J connectivity index is 0.000000108. The Labute approximate surface area is 415 Å². The topological polar surface area (TPSA) is 307 Å². The van der Waals surface area contributed by atoms with Crippen molar-refractivity contribution in [3.63, 3.8) is 0 Å². The Morgan fingerprint density at radius 2 is 1.22 bits per heavy atom. The maximum Gasteiger partial charge on any atom is 0.336 e. The van der Waals surface area contributed by atoms with Crippen molar-refractivity contribution in [2.75, 3.05) is 0 Å². The summed E-state index contributed by atoms with van der Waals surface area (Å²) in [6.07, 6.45) is 16.0. The van der Waals surface area contributed by atoms with Gasteiger partial charge in [0.05, 0.1) is 58.2 Å². The molecule has 6 aromatic rings. The summed E-state index contributed by atoms with van der Waals surface area (Å²) in [4.78, 5) is 77.1. The first-order chi connectivity index (χ1) is 34.4. The molecule has 3 spiro atoms. The van der Waals surface area contributed by atoms with Crippen LogP contribution in [0.1, 0.15) is 122 Å². The first kappa shape index (κ1) is 47.6. The number of amidine groups is 2. The van der Waals surface area contributed by atoms with Gasteiger partial charge in [-0.3, -0.25) is 44.7 Å². The summed E-state index contributed by atoms with van der Waals surface area (Å²) in [6, 6.07) is 21.9. The molecule has 8 aliphatic rings. The molecule has 3 unspecified atom stereocenters. The first-order valence-corrected chi connectivity index (χ1v) is 23.6. The molecule has 3 atom stereocenters. The smallest absolute Gasteiger partial charge is 0.336 e. The molecular weight excluding hydrogens is 946 g/mol.